The van der Waals surface area contributed by atoms with Gasteiger partial charge in [0.2, 0.25) is 0 Å². The lowest BCUT2D eigenvalue weighted by Crippen LogP contribution is -2.36. The van der Waals surface area contributed by atoms with E-state index in [1.165, 1.54) is 0 Å². The molecule has 0 bridgehead atoms. The van der Waals surface area contributed by atoms with Gasteiger partial charge in [-0.3, -0.25) is 14.0 Å². The number of nitriles is 1. The molecule has 0 radical (unpaired) electrons. The van der Waals surface area contributed by atoms with Crippen LogP contribution in [0.5, 0.6) is 0 Å². The number of aromatic nitrogens is 2. The molecule has 30 heavy (non-hydrogen) atoms. The number of hydrogen-bond donors (Lipinski definition) is 0. The summed E-state index contributed by atoms with van der Waals surface area (Å²) in [6.07, 6.45) is 1.89. The van der Waals surface area contributed by atoms with E-state index in [1.807, 2.05) is 63.6 Å². The molecular formula is C23H26ClN5O. The van der Waals surface area contributed by atoms with Gasteiger partial charge in [0, 0.05) is 36.5 Å². The molecule has 3 rings (SSSR count). The van der Waals surface area contributed by atoms with Gasteiger partial charge in [-0.05, 0) is 63.0 Å². The third-order valence-corrected chi connectivity index (χ3v) is 5.17. The van der Waals surface area contributed by atoms with Gasteiger partial charge in [-0.25, -0.2) is 4.79 Å². The molecular weight excluding hydrogens is 398 g/mol. The molecule has 1 heterocycles. The van der Waals surface area contributed by atoms with Crippen molar-refractivity contribution in [3.05, 3.63) is 87.1 Å². The van der Waals surface area contributed by atoms with Crippen molar-refractivity contribution in [3.63, 3.8) is 0 Å². The van der Waals surface area contributed by atoms with E-state index in [1.54, 1.807) is 21.3 Å². The van der Waals surface area contributed by atoms with Crippen LogP contribution in [0.3, 0.4) is 0 Å². The highest BCUT2D eigenvalue weighted by Crippen LogP contribution is 2.14. The molecule has 7 heteroatoms. The summed E-state index contributed by atoms with van der Waals surface area (Å²) in [7, 11) is 4.07. The van der Waals surface area contributed by atoms with Crippen molar-refractivity contribution in [2.24, 2.45) is 0 Å². The van der Waals surface area contributed by atoms with Gasteiger partial charge in [0.1, 0.15) is 0 Å². The Morgan fingerprint density at radius 1 is 1.03 bits per heavy atom. The van der Waals surface area contributed by atoms with Crippen LogP contribution in [0, 0.1) is 18.3 Å². The predicted molar refractivity (Wildman–Crippen MR) is 120 cm³/mol. The number of aryl methyl sites for hydroxylation is 1. The van der Waals surface area contributed by atoms with Gasteiger partial charge in [-0.15, -0.1) is 0 Å². The molecule has 6 nitrogen and oxygen atoms in total. The van der Waals surface area contributed by atoms with Gasteiger partial charge in [-0.1, -0.05) is 23.7 Å². The third-order valence-electron chi connectivity index (χ3n) is 4.92. The minimum absolute atomic E-state index is 0.0792. The topological polar surface area (TPSA) is 57.2 Å². The van der Waals surface area contributed by atoms with Crippen molar-refractivity contribution >= 4 is 11.6 Å². The zero-order chi connectivity index (χ0) is 21.7. The average molecular weight is 424 g/mol. The van der Waals surface area contributed by atoms with Gasteiger partial charge >= 0.3 is 5.69 Å². The van der Waals surface area contributed by atoms with E-state index in [4.69, 9.17) is 16.9 Å². The van der Waals surface area contributed by atoms with Crippen molar-refractivity contribution in [3.8, 4) is 11.8 Å². The Kier molecular flexibility index (Phi) is 7.11. The Hall–Kier alpha value is -2.85. The van der Waals surface area contributed by atoms with E-state index in [2.05, 4.69) is 15.9 Å². The normalized spacial score (nSPS) is 11.2. The van der Waals surface area contributed by atoms with Gasteiger partial charge in [0.15, 0.2) is 0 Å². The van der Waals surface area contributed by atoms with Crippen molar-refractivity contribution < 1.29 is 0 Å². The monoisotopic (exact) mass is 423 g/mol. The standard InChI is InChI=1S/C23H26ClN5O/c1-18-15-28(23(30)29(18)22-10-8-21(24)9-11-22)17-27(13-12-26(2)3)16-20-6-4-19(14-25)5-7-20/h4-11,15H,12-13,16-17H2,1-3H3. The average Bonchev–Trinajstić information content (AvgIpc) is 3.00. The van der Waals surface area contributed by atoms with Crippen LogP contribution in [-0.2, 0) is 13.2 Å². The Labute approximate surface area is 182 Å². The molecule has 0 aliphatic carbocycles. The highest BCUT2D eigenvalue weighted by molar-refractivity contribution is 6.30. The molecule has 0 fully saturated rings. The lowest BCUT2D eigenvalue weighted by atomic mass is 10.1. The van der Waals surface area contributed by atoms with Crippen molar-refractivity contribution in [1.29, 1.82) is 5.26 Å². The van der Waals surface area contributed by atoms with E-state index in [0.29, 0.717) is 23.8 Å². The Morgan fingerprint density at radius 3 is 2.30 bits per heavy atom. The number of imidazole rings is 1. The fourth-order valence-electron chi connectivity index (χ4n) is 3.32. The molecule has 0 amide bonds. The van der Waals surface area contributed by atoms with E-state index >= 15 is 0 Å². The van der Waals surface area contributed by atoms with E-state index < -0.39 is 0 Å². The highest BCUT2D eigenvalue weighted by Gasteiger charge is 2.14. The van der Waals surface area contributed by atoms with Gasteiger partial charge in [0.05, 0.1) is 24.0 Å². The molecule has 0 saturated heterocycles. The van der Waals surface area contributed by atoms with Crippen LogP contribution in [0.1, 0.15) is 16.8 Å². The number of likely N-dealkylation sites (N-methyl/N-ethyl adjacent to an activating group) is 1. The summed E-state index contributed by atoms with van der Waals surface area (Å²) in [6, 6.07) is 17.0. The SMILES string of the molecule is Cc1cn(CN(CCN(C)C)Cc2ccc(C#N)cc2)c(=O)n1-c1ccc(Cl)cc1. The molecule has 0 aliphatic heterocycles. The van der Waals surface area contributed by atoms with Gasteiger partial charge in [0.25, 0.3) is 0 Å². The Bertz CT molecular complexity index is 1070. The first-order chi connectivity index (χ1) is 14.4. The zero-order valence-corrected chi connectivity index (χ0v) is 18.3. The number of benzene rings is 2. The predicted octanol–water partition coefficient (Wildman–Crippen LogP) is 3.49. The van der Waals surface area contributed by atoms with E-state index in [-0.39, 0.29) is 5.69 Å². The zero-order valence-electron chi connectivity index (χ0n) is 17.5. The lowest BCUT2D eigenvalue weighted by molar-refractivity contribution is 0.186. The van der Waals surface area contributed by atoms with Crippen LogP contribution >= 0.6 is 11.6 Å². The molecule has 0 unspecified atom stereocenters. The van der Waals surface area contributed by atoms with Crippen LogP contribution in [0.4, 0.5) is 0 Å². The van der Waals surface area contributed by atoms with Crippen LogP contribution < -0.4 is 5.69 Å². The van der Waals surface area contributed by atoms with Gasteiger partial charge < -0.3 is 4.90 Å². The van der Waals surface area contributed by atoms with Crippen molar-refractivity contribution in [2.75, 3.05) is 27.2 Å². The van der Waals surface area contributed by atoms with Crippen LogP contribution in [0.2, 0.25) is 5.02 Å². The summed E-state index contributed by atoms with van der Waals surface area (Å²) in [5.74, 6) is 0. The first-order valence-electron chi connectivity index (χ1n) is 9.78. The molecule has 3 aromatic rings. The fourth-order valence-corrected chi connectivity index (χ4v) is 3.45. The van der Waals surface area contributed by atoms with Crippen LogP contribution in [0.25, 0.3) is 5.69 Å². The third kappa shape index (κ3) is 5.39. The van der Waals surface area contributed by atoms with Gasteiger partial charge in [-0.2, -0.15) is 5.26 Å². The quantitative estimate of drug-likeness (QED) is 0.556. The number of nitrogens with zero attached hydrogens (tertiary/aromatic N) is 5. The summed E-state index contributed by atoms with van der Waals surface area (Å²) in [6.45, 7) is 4.79. The summed E-state index contributed by atoms with van der Waals surface area (Å²) >= 11 is 5.99. The molecule has 0 N–H and O–H groups in total. The minimum Gasteiger partial charge on any atom is -0.308 e. The Balaban J connectivity index is 1.84. The van der Waals surface area contributed by atoms with Crippen molar-refractivity contribution in [2.45, 2.75) is 20.1 Å². The fraction of sp³-hybridized carbons (Fsp3) is 0.304. The summed E-state index contributed by atoms with van der Waals surface area (Å²) in [5.41, 5.74) is 3.34. The first-order valence-corrected chi connectivity index (χ1v) is 10.2. The second-order valence-corrected chi connectivity index (χ2v) is 8.08. The molecule has 0 saturated carbocycles. The molecule has 0 atom stereocenters. The number of rotatable bonds is 8. The molecule has 1 aromatic heterocycles. The first kappa shape index (κ1) is 21.8. The maximum absolute atomic E-state index is 13.1. The second-order valence-electron chi connectivity index (χ2n) is 7.64. The molecule has 2 aromatic carbocycles. The second kappa shape index (κ2) is 9.77. The lowest BCUT2D eigenvalue weighted by Gasteiger charge is -2.24. The Morgan fingerprint density at radius 2 is 1.70 bits per heavy atom. The van der Waals surface area contributed by atoms with Crippen molar-refractivity contribution in [1.82, 2.24) is 18.9 Å². The van der Waals surface area contributed by atoms with E-state index in [9.17, 15) is 4.79 Å². The number of halogens is 1. The number of hydrogen-bond acceptors (Lipinski definition) is 4. The summed E-state index contributed by atoms with van der Waals surface area (Å²) in [5, 5.41) is 9.64. The maximum Gasteiger partial charge on any atom is 0.334 e. The summed E-state index contributed by atoms with van der Waals surface area (Å²) < 4.78 is 3.44. The maximum atomic E-state index is 13.1. The highest BCUT2D eigenvalue weighted by atomic mass is 35.5. The minimum atomic E-state index is -0.0792. The molecule has 0 aliphatic rings. The molecule has 0 spiro atoms. The summed E-state index contributed by atoms with van der Waals surface area (Å²) in [4.78, 5) is 17.5. The molecule has 156 valence electrons. The largest absolute Gasteiger partial charge is 0.334 e. The van der Waals surface area contributed by atoms with Crippen LogP contribution in [-0.4, -0.2) is 46.1 Å². The van der Waals surface area contributed by atoms with Crippen LogP contribution in [0.15, 0.2) is 59.5 Å². The smallest absolute Gasteiger partial charge is 0.308 e. The van der Waals surface area contributed by atoms with E-state index in [0.717, 1.165) is 30.0 Å².